The van der Waals surface area contributed by atoms with Gasteiger partial charge in [0.15, 0.2) is 5.76 Å². The second-order valence-corrected chi connectivity index (χ2v) is 10.1. The van der Waals surface area contributed by atoms with Gasteiger partial charge in [-0.2, -0.15) is 4.31 Å². The lowest BCUT2D eigenvalue weighted by Gasteiger charge is -2.35. The molecule has 0 aliphatic carbocycles. The molecule has 2 aliphatic rings. The highest BCUT2D eigenvalue weighted by molar-refractivity contribution is 7.89. The van der Waals surface area contributed by atoms with Crippen LogP contribution in [0.5, 0.6) is 0 Å². The number of para-hydroxylation sites is 2. The Bertz CT molecular complexity index is 1120. The van der Waals surface area contributed by atoms with E-state index in [1.807, 2.05) is 30.0 Å². The van der Waals surface area contributed by atoms with Gasteiger partial charge in [0.1, 0.15) is 10.6 Å². The minimum atomic E-state index is -3.70. The first-order valence-corrected chi connectivity index (χ1v) is 12.0. The molecule has 0 unspecified atom stereocenters. The van der Waals surface area contributed by atoms with Gasteiger partial charge in [0.25, 0.3) is 0 Å². The topological polar surface area (TPSA) is 116 Å². The molecular formula is C21H27N5O5S. The number of carbonyl (C=O) groups excluding carboxylic acids is 2. The summed E-state index contributed by atoms with van der Waals surface area (Å²) < 4.78 is 32.5. The van der Waals surface area contributed by atoms with E-state index in [1.54, 1.807) is 24.8 Å². The van der Waals surface area contributed by atoms with Gasteiger partial charge in [-0.15, -0.1) is 0 Å². The normalized spacial score (nSPS) is 20.5. The standard InChI is InChI=1S/C21H27N5O5S/c1-14-12-19(27)22-17-6-4-5-7-18(17)26(14)20(28)13-24-8-10-25(11-9-24)32(29,30)21-15(2)23-31-16(21)3/h4-7,14H,8-13H2,1-3H3,(H,22,27)/t14-/m1/s1. The minimum Gasteiger partial charge on any atom is -0.360 e. The fraction of sp³-hybridized carbons (Fsp3) is 0.476. The maximum absolute atomic E-state index is 13.2. The van der Waals surface area contributed by atoms with Crippen LogP contribution in [0.4, 0.5) is 11.4 Å². The summed E-state index contributed by atoms with van der Waals surface area (Å²) in [4.78, 5) is 29.1. The number of sulfonamides is 1. The van der Waals surface area contributed by atoms with Crippen molar-refractivity contribution < 1.29 is 22.5 Å². The van der Waals surface area contributed by atoms with Crippen molar-refractivity contribution in [1.29, 1.82) is 0 Å². The number of benzene rings is 1. The van der Waals surface area contributed by atoms with Crippen LogP contribution < -0.4 is 10.2 Å². The number of anilines is 2. The number of amides is 2. The van der Waals surface area contributed by atoms with Crippen LogP contribution in [0.25, 0.3) is 0 Å². The highest BCUT2D eigenvalue weighted by Crippen LogP contribution is 2.31. The van der Waals surface area contributed by atoms with E-state index in [9.17, 15) is 18.0 Å². The fourth-order valence-corrected chi connectivity index (χ4v) is 6.05. The van der Waals surface area contributed by atoms with E-state index >= 15 is 0 Å². The number of hydrogen-bond acceptors (Lipinski definition) is 7. The van der Waals surface area contributed by atoms with Gasteiger partial charge in [0.05, 0.1) is 17.9 Å². The molecule has 32 heavy (non-hydrogen) atoms. The summed E-state index contributed by atoms with van der Waals surface area (Å²) in [5, 5.41) is 6.60. The second kappa shape index (κ2) is 8.64. The molecule has 1 aromatic carbocycles. The Morgan fingerprint density at radius 3 is 2.53 bits per heavy atom. The van der Waals surface area contributed by atoms with Crippen LogP contribution in [-0.4, -0.2) is 73.4 Å². The van der Waals surface area contributed by atoms with Crippen LogP contribution in [-0.2, 0) is 19.6 Å². The zero-order chi connectivity index (χ0) is 23.0. The van der Waals surface area contributed by atoms with Crippen molar-refractivity contribution in [1.82, 2.24) is 14.4 Å². The molecule has 1 fully saturated rings. The molecule has 10 nitrogen and oxygen atoms in total. The number of hydrogen-bond donors (Lipinski definition) is 1. The largest absolute Gasteiger partial charge is 0.360 e. The molecule has 1 atom stereocenters. The molecule has 3 heterocycles. The molecular weight excluding hydrogens is 434 g/mol. The lowest BCUT2D eigenvalue weighted by Crippen LogP contribution is -2.52. The van der Waals surface area contributed by atoms with Gasteiger partial charge in [-0.3, -0.25) is 14.5 Å². The number of aryl methyl sites for hydroxylation is 2. The van der Waals surface area contributed by atoms with Crippen molar-refractivity contribution in [3.05, 3.63) is 35.7 Å². The molecule has 2 aromatic rings. The van der Waals surface area contributed by atoms with E-state index in [1.165, 1.54) is 4.31 Å². The van der Waals surface area contributed by atoms with Crippen molar-refractivity contribution in [3.8, 4) is 0 Å². The van der Waals surface area contributed by atoms with E-state index in [0.29, 0.717) is 30.2 Å². The SMILES string of the molecule is Cc1noc(C)c1S(=O)(=O)N1CCN(CC(=O)N2c3ccccc3NC(=O)C[C@H]2C)CC1. The number of nitrogens with one attached hydrogen (secondary N) is 1. The highest BCUT2D eigenvalue weighted by Gasteiger charge is 2.35. The smallest absolute Gasteiger partial charge is 0.248 e. The molecule has 1 saturated heterocycles. The summed E-state index contributed by atoms with van der Waals surface area (Å²) >= 11 is 0. The van der Waals surface area contributed by atoms with Crippen LogP contribution in [0, 0.1) is 13.8 Å². The second-order valence-electron chi connectivity index (χ2n) is 8.22. The number of piperazine rings is 1. The van der Waals surface area contributed by atoms with E-state index in [0.717, 1.165) is 0 Å². The molecule has 1 N–H and O–H groups in total. The van der Waals surface area contributed by atoms with Gasteiger partial charge >= 0.3 is 0 Å². The number of aromatic nitrogens is 1. The highest BCUT2D eigenvalue weighted by atomic mass is 32.2. The average Bonchev–Trinajstić information content (AvgIpc) is 3.01. The summed E-state index contributed by atoms with van der Waals surface area (Å²) in [6.07, 6.45) is 0.212. The van der Waals surface area contributed by atoms with Crippen molar-refractivity contribution in [2.24, 2.45) is 0 Å². The molecule has 0 spiro atoms. The Kier molecular flexibility index (Phi) is 6.06. The molecule has 1 aromatic heterocycles. The van der Waals surface area contributed by atoms with Gasteiger partial charge < -0.3 is 14.7 Å². The fourth-order valence-electron chi connectivity index (χ4n) is 4.34. The minimum absolute atomic E-state index is 0.120. The van der Waals surface area contributed by atoms with E-state index < -0.39 is 10.0 Å². The number of rotatable bonds is 4. The summed E-state index contributed by atoms with van der Waals surface area (Å²) in [6, 6.07) is 6.97. The predicted octanol–water partition coefficient (Wildman–Crippen LogP) is 1.36. The quantitative estimate of drug-likeness (QED) is 0.731. The predicted molar refractivity (Wildman–Crippen MR) is 118 cm³/mol. The lowest BCUT2D eigenvalue weighted by molar-refractivity contribution is -0.120. The van der Waals surface area contributed by atoms with Crippen LogP contribution in [0.2, 0.25) is 0 Å². The summed E-state index contributed by atoms with van der Waals surface area (Å²) in [6.45, 7) is 6.59. The Hall–Kier alpha value is -2.76. The van der Waals surface area contributed by atoms with Gasteiger partial charge in [-0.25, -0.2) is 8.42 Å². The first-order chi connectivity index (χ1) is 15.2. The molecule has 172 valence electrons. The van der Waals surface area contributed by atoms with E-state index in [4.69, 9.17) is 4.52 Å². The Morgan fingerprint density at radius 1 is 1.19 bits per heavy atom. The first kappa shape index (κ1) is 22.4. The summed E-state index contributed by atoms with van der Waals surface area (Å²) in [5.74, 6) is 0.0268. The number of carbonyl (C=O) groups is 2. The Balaban J connectivity index is 1.44. The molecule has 2 amide bonds. The third-order valence-corrected chi connectivity index (χ3v) is 8.03. The molecule has 0 saturated carbocycles. The maximum Gasteiger partial charge on any atom is 0.248 e. The molecule has 11 heteroatoms. The molecule has 0 radical (unpaired) electrons. The van der Waals surface area contributed by atoms with Crippen molar-refractivity contribution in [3.63, 3.8) is 0 Å². The van der Waals surface area contributed by atoms with Crippen LogP contribution in [0.15, 0.2) is 33.7 Å². The monoisotopic (exact) mass is 461 g/mol. The third-order valence-electron chi connectivity index (χ3n) is 5.88. The van der Waals surface area contributed by atoms with Gasteiger partial charge in [-0.05, 0) is 32.9 Å². The summed E-state index contributed by atoms with van der Waals surface area (Å²) in [7, 11) is -3.70. The van der Waals surface area contributed by atoms with Crippen LogP contribution in [0.3, 0.4) is 0 Å². The van der Waals surface area contributed by atoms with E-state index in [-0.39, 0.29) is 54.6 Å². The van der Waals surface area contributed by atoms with Crippen molar-refractivity contribution in [2.45, 2.75) is 38.1 Å². The van der Waals surface area contributed by atoms with Gasteiger partial charge in [0, 0.05) is 38.6 Å². The van der Waals surface area contributed by atoms with Crippen LogP contribution >= 0.6 is 0 Å². The van der Waals surface area contributed by atoms with Gasteiger partial charge in [-0.1, -0.05) is 17.3 Å². The first-order valence-electron chi connectivity index (χ1n) is 10.5. The van der Waals surface area contributed by atoms with Crippen LogP contribution in [0.1, 0.15) is 24.8 Å². The molecule has 2 aliphatic heterocycles. The summed E-state index contributed by atoms with van der Waals surface area (Å²) in [5.41, 5.74) is 1.64. The number of fused-ring (bicyclic) bond motifs is 1. The Labute approximate surface area is 187 Å². The zero-order valence-corrected chi connectivity index (χ0v) is 19.2. The average molecular weight is 462 g/mol. The molecule has 4 rings (SSSR count). The Morgan fingerprint density at radius 2 is 1.88 bits per heavy atom. The van der Waals surface area contributed by atoms with Gasteiger partial charge in [0.2, 0.25) is 21.8 Å². The maximum atomic E-state index is 13.2. The lowest BCUT2D eigenvalue weighted by atomic mass is 10.1. The zero-order valence-electron chi connectivity index (χ0n) is 18.4. The van der Waals surface area contributed by atoms with E-state index in [2.05, 4.69) is 10.5 Å². The van der Waals surface area contributed by atoms with Crippen molar-refractivity contribution >= 4 is 33.2 Å². The molecule has 0 bridgehead atoms. The number of nitrogens with zero attached hydrogens (tertiary/aromatic N) is 4. The van der Waals surface area contributed by atoms with Crippen molar-refractivity contribution in [2.75, 3.05) is 42.9 Å². The third kappa shape index (κ3) is 4.15.